The maximum atomic E-state index is 10.6. The van der Waals surface area contributed by atoms with E-state index in [0.717, 1.165) is 0 Å². The number of halogens is 1. The van der Waals surface area contributed by atoms with E-state index in [1.165, 1.54) is 12.1 Å². The maximum Gasteiger partial charge on any atom is 0.313 e. The highest BCUT2D eigenvalue weighted by atomic mass is 35.5. The van der Waals surface area contributed by atoms with Crippen molar-refractivity contribution in [2.24, 2.45) is 5.84 Å². The van der Waals surface area contributed by atoms with Crippen LogP contribution in [0.4, 0.5) is 5.82 Å². The summed E-state index contributed by atoms with van der Waals surface area (Å²) in [5.41, 5.74) is 2.20. The molecule has 0 fully saturated rings. The van der Waals surface area contributed by atoms with Crippen LogP contribution in [0.15, 0.2) is 12.1 Å². The van der Waals surface area contributed by atoms with Gasteiger partial charge in [-0.2, -0.15) is 0 Å². The first-order valence-electron chi connectivity index (χ1n) is 2.47. The Bertz CT molecular complexity index is 241. The third kappa shape index (κ3) is 1.26. The molecule has 10 heavy (non-hydrogen) atoms. The van der Waals surface area contributed by atoms with Gasteiger partial charge in [-0.05, 0) is 22.5 Å². The molecule has 0 unspecified atom stereocenters. The Kier molecular flexibility index (Phi) is 1.88. The summed E-state index contributed by atoms with van der Waals surface area (Å²) in [4.78, 5) is 0.275. The molecule has 0 bridgehead atoms. The zero-order valence-corrected chi connectivity index (χ0v) is 5.67. The van der Waals surface area contributed by atoms with Gasteiger partial charge in [0.05, 0.1) is 0 Å². The number of nitrogen functional groups attached to an aromatic ring is 1. The van der Waals surface area contributed by atoms with Gasteiger partial charge < -0.3 is 10.6 Å². The SMILES string of the molecule is NNc1ccc(Cl)[n+]([O-])n1. The topological polar surface area (TPSA) is 77.9 Å². The molecule has 0 aliphatic carbocycles. The van der Waals surface area contributed by atoms with Crippen molar-refractivity contribution in [3.05, 3.63) is 22.5 Å². The summed E-state index contributed by atoms with van der Waals surface area (Å²) in [7, 11) is 0. The Morgan fingerprint density at radius 3 is 2.90 bits per heavy atom. The van der Waals surface area contributed by atoms with Gasteiger partial charge in [0.1, 0.15) is 0 Å². The fraction of sp³-hybridized carbons (Fsp3) is 0. The van der Waals surface area contributed by atoms with Crippen molar-refractivity contribution in [3.63, 3.8) is 0 Å². The van der Waals surface area contributed by atoms with Crippen LogP contribution < -0.4 is 16.1 Å². The minimum absolute atomic E-state index is 0.0130. The van der Waals surface area contributed by atoms with Crippen molar-refractivity contribution >= 4 is 17.4 Å². The van der Waals surface area contributed by atoms with Crippen LogP contribution in [0.25, 0.3) is 0 Å². The number of anilines is 1. The van der Waals surface area contributed by atoms with Crippen LogP contribution in [0.1, 0.15) is 0 Å². The molecular formula is C4H5ClN4O. The van der Waals surface area contributed by atoms with E-state index >= 15 is 0 Å². The molecule has 0 radical (unpaired) electrons. The first-order chi connectivity index (χ1) is 4.74. The molecule has 1 heterocycles. The fourth-order valence-electron chi connectivity index (χ4n) is 0.467. The van der Waals surface area contributed by atoms with E-state index in [1.807, 2.05) is 0 Å². The number of nitrogens with one attached hydrogen (secondary N) is 1. The third-order valence-corrected chi connectivity index (χ3v) is 1.18. The van der Waals surface area contributed by atoms with Crippen LogP contribution in [0, 0.1) is 5.21 Å². The van der Waals surface area contributed by atoms with Crippen molar-refractivity contribution in [3.8, 4) is 0 Å². The molecule has 0 atom stereocenters. The molecule has 3 N–H and O–H groups in total. The van der Waals surface area contributed by atoms with Crippen molar-refractivity contribution < 1.29 is 4.85 Å². The first-order valence-corrected chi connectivity index (χ1v) is 2.85. The van der Waals surface area contributed by atoms with Gasteiger partial charge in [0.25, 0.3) is 0 Å². The molecular weight excluding hydrogens is 156 g/mol. The molecule has 0 amide bonds. The van der Waals surface area contributed by atoms with E-state index in [1.54, 1.807) is 0 Å². The van der Waals surface area contributed by atoms with Crippen LogP contribution in [0.3, 0.4) is 0 Å². The van der Waals surface area contributed by atoms with Crippen LogP contribution in [-0.2, 0) is 0 Å². The Labute approximate surface area is 62.0 Å². The second-order valence-electron chi connectivity index (χ2n) is 1.56. The number of hydrogen-bond acceptors (Lipinski definition) is 4. The predicted octanol–water partition coefficient (Wildman–Crippen LogP) is -0.346. The molecule has 1 aromatic heterocycles. The summed E-state index contributed by atoms with van der Waals surface area (Å²) in [6, 6.07) is 2.90. The van der Waals surface area contributed by atoms with E-state index in [4.69, 9.17) is 17.4 Å². The smallest absolute Gasteiger partial charge is 0.313 e. The molecule has 0 aromatic carbocycles. The summed E-state index contributed by atoms with van der Waals surface area (Å²) in [6.45, 7) is 0. The summed E-state index contributed by atoms with van der Waals surface area (Å²) >= 11 is 5.36. The number of nitrogens with two attached hydrogens (primary N) is 1. The quantitative estimate of drug-likeness (QED) is 0.255. The highest BCUT2D eigenvalue weighted by Crippen LogP contribution is 2.01. The van der Waals surface area contributed by atoms with Gasteiger partial charge in [-0.1, -0.05) is 0 Å². The van der Waals surface area contributed by atoms with Gasteiger partial charge in [-0.3, -0.25) is 0 Å². The Balaban J connectivity index is 3.04. The lowest BCUT2D eigenvalue weighted by Gasteiger charge is -1.97. The largest absolute Gasteiger partial charge is 0.593 e. The van der Waals surface area contributed by atoms with Gasteiger partial charge in [0.2, 0.25) is 5.82 Å². The molecule has 0 aliphatic rings. The van der Waals surface area contributed by atoms with Gasteiger partial charge in [0, 0.05) is 11.2 Å². The zero-order chi connectivity index (χ0) is 7.56. The van der Waals surface area contributed by atoms with E-state index < -0.39 is 0 Å². The highest BCUT2D eigenvalue weighted by Gasteiger charge is 2.02. The molecule has 0 aliphatic heterocycles. The molecule has 54 valence electrons. The maximum absolute atomic E-state index is 10.6. The predicted molar refractivity (Wildman–Crippen MR) is 36.0 cm³/mol. The molecule has 1 rings (SSSR count). The molecule has 0 spiro atoms. The lowest BCUT2D eigenvalue weighted by atomic mass is 10.5. The zero-order valence-electron chi connectivity index (χ0n) is 4.91. The van der Waals surface area contributed by atoms with E-state index in [-0.39, 0.29) is 15.8 Å². The Hall–Kier alpha value is -1.07. The lowest BCUT2D eigenvalue weighted by Crippen LogP contribution is -2.33. The van der Waals surface area contributed by atoms with E-state index in [0.29, 0.717) is 0 Å². The Morgan fingerprint density at radius 2 is 2.40 bits per heavy atom. The second kappa shape index (κ2) is 2.68. The monoisotopic (exact) mass is 160 g/mol. The van der Waals surface area contributed by atoms with Gasteiger partial charge in [0.15, 0.2) is 0 Å². The van der Waals surface area contributed by atoms with Gasteiger partial charge in [-0.25, -0.2) is 5.84 Å². The van der Waals surface area contributed by atoms with Crippen LogP contribution in [-0.4, -0.2) is 5.10 Å². The molecule has 1 aromatic rings. The number of rotatable bonds is 1. The number of aromatic nitrogens is 2. The van der Waals surface area contributed by atoms with Crippen LogP contribution in [0.5, 0.6) is 0 Å². The van der Waals surface area contributed by atoms with E-state index in [9.17, 15) is 5.21 Å². The van der Waals surface area contributed by atoms with E-state index in [2.05, 4.69) is 10.5 Å². The van der Waals surface area contributed by atoms with Crippen LogP contribution >= 0.6 is 11.6 Å². The second-order valence-corrected chi connectivity index (χ2v) is 1.95. The lowest BCUT2D eigenvalue weighted by molar-refractivity contribution is -0.665. The molecule has 0 saturated heterocycles. The summed E-state index contributed by atoms with van der Waals surface area (Å²) < 4.78 is 0. The van der Waals surface area contributed by atoms with Gasteiger partial charge in [-0.15, -0.1) is 0 Å². The van der Waals surface area contributed by atoms with Gasteiger partial charge >= 0.3 is 5.15 Å². The van der Waals surface area contributed by atoms with Crippen molar-refractivity contribution in [2.45, 2.75) is 0 Å². The Morgan fingerprint density at radius 1 is 1.70 bits per heavy atom. The standard InChI is InChI=1S/C4H5ClN4O/c5-3-1-2-4(7-6)8-9(3)10/h1-2H,6H2,(H,7,8). The fourth-order valence-corrected chi connectivity index (χ4v) is 0.568. The average Bonchev–Trinajstić information content (AvgIpc) is 1.95. The molecule has 6 heteroatoms. The minimum Gasteiger partial charge on any atom is -0.593 e. The third-order valence-electron chi connectivity index (χ3n) is 0.908. The average molecular weight is 161 g/mol. The number of hydrogen-bond donors (Lipinski definition) is 2. The van der Waals surface area contributed by atoms with Crippen molar-refractivity contribution in [1.82, 2.24) is 5.10 Å². The summed E-state index contributed by atoms with van der Waals surface area (Å²) in [6.07, 6.45) is 0. The highest BCUT2D eigenvalue weighted by molar-refractivity contribution is 6.28. The van der Waals surface area contributed by atoms with Crippen molar-refractivity contribution in [1.29, 1.82) is 0 Å². The van der Waals surface area contributed by atoms with Crippen LogP contribution in [0.2, 0.25) is 5.15 Å². The summed E-state index contributed by atoms with van der Waals surface area (Å²) in [5, 5.41) is 14.0. The normalized spacial score (nSPS) is 9.40. The molecule has 0 saturated carbocycles. The first kappa shape index (κ1) is 7.04. The minimum atomic E-state index is 0.0130. The summed E-state index contributed by atoms with van der Waals surface area (Å²) in [5.74, 6) is 5.24. The number of nitrogens with zero attached hydrogens (tertiary/aromatic N) is 2. The molecule has 5 nitrogen and oxygen atoms in total. The number of hydrazine groups is 1. The van der Waals surface area contributed by atoms with Crippen molar-refractivity contribution in [2.75, 3.05) is 5.43 Å².